The van der Waals surface area contributed by atoms with E-state index in [9.17, 15) is 0 Å². The first-order valence-corrected chi connectivity index (χ1v) is 9.09. The van der Waals surface area contributed by atoms with E-state index in [1.165, 1.54) is 27.5 Å². The van der Waals surface area contributed by atoms with Crippen LogP contribution in [0.2, 0.25) is 0 Å². The molecule has 0 saturated carbocycles. The number of unbranched alkanes of at least 4 members (excludes halogenated alkanes) is 1. The maximum absolute atomic E-state index is 6.60. The van der Waals surface area contributed by atoms with Gasteiger partial charge in [0.25, 0.3) is 0 Å². The predicted molar refractivity (Wildman–Crippen MR) is 112 cm³/mol. The van der Waals surface area contributed by atoms with Crippen LogP contribution in [0.1, 0.15) is 37.3 Å². The van der Waals surface area contributed by atoms with E-state index < -0.39 is 0 Å². The van der Waals surface area contributed by atoms with Crippen molar-refractivity contribution < 1.29 is 46.5 Å². The third kappa shape index (κ3) is 8.33. The summed E-state index contributed by atoms with van der Waals surface area (Å²) in [5.41, 5.74) is 11.8. The molecule has 3 rings (SSSR count). The SMILES string of the molecule is CCCC[NH-].[CH2-]c1c(C2=CC(CN(C)C)=CC2)ccc2ccccc12.[Cl-].[Cl-].[Ti+2]. The summed E-state index contributed by atoms with van der Waals surface area (Å²) in [5.74, 6) is 0. The molecule has 0 heterocycles. The molecule has 0 saturated heterocycles. The van der Waals surface area contributed by atoms with Crippen LogP contribution in [-0.2, 0) is 21.7 Å². The minimum atomic E-state index is 0. The van der Waals surface area contributed by atoms with Gasteiger partial charge in [-0.3, -0.25) is 0 Å². The standard InChI is InChI=1S/C19H20N.C4H10N.2ClH.Ti/c1-14-18-7-5-4-6-16(18)10-11-19(14)17-9-8-15(12-17)13-20(2)3;1-2-3-4-5;;;/h4-8,10-12H,1,9,13H2,2-3H3;5H,2-4H2,1H3;2*1H;/q2*-1;;;+2/p-2. The molecular weight excluding hydrogens is 423 g/mol. The average Bonchev–Trinajstić information content (AvgIpc) is 3.04. The van der Waals surface area contributed by atoms with Crippen LogP contribution in [0.15, 0.2) is 54.1 Å². The van der Waals surface area contributed by atoms with Gasteiger partial charge < -0.3 is 35.4 Å². The van der Waals surface area contributed by atoms with Gasteiger partial charge in [0.05, 0.1) is 0 Å². The number of rotatable bonds is 5. The van der Waals surface area contributed by atoms with Gasteiger partial charge in [0.1, 0.15) is 0 Å². The Balaban J connectivity index is 0. The van der Waals surface area contributed by atoms with Crippen molar-refractivity contribution in [2.75, 3.05) is 27.2 Å². The molecular formula is C23H30Cl2N2Ti-2. The van der Waals surface area contributed by atoms with Crippen molar-refractivity contribution in [3.8, 4) is 0 Å². The Morgan fingerprint density at radius 2 is 1.75 bits per heavy atom. The maximum Gasteiger partial charge on any atom is 2.00 e. The largest absolute Gasteiger partial charge is 2.00 e. The second-order valence-electron chi connectivity index (χ2n) is 6.81. The van der Waals surface area contributed by atoms with Crippen LogP contribution in [-0.4, -0.2) is 32.1 Å². The zero-order valence-electron chi connectivity index (χ0n) is 17.1. The number of fused-ring (bicyclic) bond motifs is 1. The van der Waals surface area contributed by atoms with E-state index in [-0.39, 0.29) is 46.5 Å². The Bertz CT molecular complexity index is 768. The van der Waals surface area contributed by atoms with Crippen molar-refractivity contribution in [2.45, 2.75) is 26.2 Å². The molecule has 1 aliphatic carbocycles. The number of benzene rings is 2. The first-order chi connectivity index (χ1) is 12.1. The number of likely N-dealkylation sites (N-methyl/N-ethyl adjacent to an activating group) is 1. The molecule has 28 heavy (non-hydrogen) atoms. The molecule has 5 heteroatoms. The maximum atomic E-state index is 6.60. The van der Waals surface area contributed by atoms with E-state index in [1.807, 2.05) is 0 Å². The molecule has 2 aromatic rings. The van der Waals surface area contributed by atoms with Gasteiger partial charge in [-0.25, -0.2) is 0 Å². The number of hydrogen-bond donors (Lipinski definition) is 0. The van der Waals surface area contributed by atoms with Gasteiger partial charge in [0.15, 0.2) is 0 Å². The molecule has 0 fully saturated rings. The third-order valence-corrected chi connectivity index (χ3v) is 4.36. The summed E-state index contributed by atoms with van der Waals surface area (Å²) in [6, 6.07) is 12.9. The molecule has 0 unspecified atom stereocenters. The van der Waals surface area contributed by atoms with E-state index in [4.69, 9.17) is 5.73 Å². The zero-order chi connectivity index (χ0) is 18.2. The van der Waals surface area contributed by atoms with E-state index in [1.54, 1.807) is 0 Å². The molecule has 1 N–H and O–H groups in total. The van der Waals surface area contributed by atoms with E-state index in [0.717, 1.165) is 31.4 Å². The first kappa shape index (κ1) is 29.5. The Labute approximate surface area is 198 Å². The number of nitrogens with one attached hydrogen (secondary N) is 1. The van der Waals surface area contributed by atoms with Crippen LogP contribution in [0.25, 0.3) is 22.1 Å². The van der Waals surface area contributed by atoms with Crippen molar-refractivity contribution >= 4 is 16.3 Å². The Hall–Kier alpha value is -0.736. The van der Waals surface area contributed by atoms with E-state index in [2.05, 4.69) is 81.4 Å². The van der Waals surface area contributed by atoms with E-state index in [0.29, 0.717) is 6.54 Å². The van der Waals surface area contributed by atoms with Crippen molar-refractivity contribution in [1.82, 2.24) is 4.90 Å². The first-order valence-electron chi connectivity index (χ1n) is 9.09. The van der Waals surface area contributed by atoms with Crippen LogP contribution >= 0.6 is 0 Å². The number of hydrogen-bond acceptors (Lipinski definition) is 1. The summed E-state index contributed by atoms with van der Waals surface area (Å²) in [7, 11) is 4.21. The molecule has 0 spiro atoms. The van der Waals surface area contributed by atoms with Gasteiger partial charge in [-0.1, -0.05) is 67.1 Å². The summed E-state index contributed by atoms with van der Waals surface area (Å²) in [6.07, 6.45) is 7.87. The van der Waals surface area contributed by atoms with Crippen LogP contribution in [0.4, 0.5) is 0 Å². The zero-order valence-corrected chi connectivity index (χ0v) is 20.1. The van der Waals surface area contributed by atoms with Crippen molar-refractivity contribution in [3.05, 3.63) is 77.9 Å². The van der Waals surface area contributed by atoms with Crippen molar-refractivity contribution in [3.63, 3.8) is 0 Å². The second kappa shape index (κ2) is 15.2. The predicted octanol–water partition coefficient (Wildman–Crippen LogP) is 0.141. The molecule has 0 bridgehead atoms. The van der Waals surface area contributed by atoms with Gasteiger partial charge in [-0.2, -0.15) is 19.0 Å². The van der Waals surface area contributed by atoms with Gasteiger partial charge in [0, 0.05) is 6.54 Å². The molecule has 2 nitrogen and oxygen atoms in total. The third-order valence-electron chi connectivity index (χ3n) is 4.36. The average molecular weight is 453 g/mol. The molecule has 0 amide bonds. The number of halogens is 2. The van der Waals surface area contributed by atoms with Crippen LogP contribution < -0.4 is 24.8 Å². The quantitative estimate of drug-likeness (QED) is 0.468. The molecule has 0 aliphatic heterocycles. The molecule has 0 atom stereocenters. The Kier molecular flexibility index (Phi) is 15.9. The minimum absolute atomic E-state index is 0. The fraction of sp³-hybridized carbons (Fsp3) is 0.348. The van der Waals surface area contributed by atoms with Gasteiger partial charge in [-0.15, -0.1) is 23.1 Å². The van der Waals surface area contributed by atoms with Crippen LogP contribution in [0.3, 0.4) is 0 Å². The topological polar surface area (TPSA) is 27.0 Å². The summed E-state index contributed by atoms with van der Waals surface area (Å²) < 4.78 is 0. The summed E-state index contributed by atoms with van der Waals surface area (Å²) in [6.45, 7) is 7.99. The van der Waals surface area contributed by atoms with E-state index >= 15 is 0 Å². The van der Waals surface area contributed by atoms with Crippen molar-refractivity contribution in [1.29, 1.82) is 0 Å². The van der Waals surface area contributed by atoms with Gasteiger partial charge >= 0.3 is 21.7 Å². The second-order valence-corrected chi connectivity index (χ2v) is 6.81. The number of allylic oxidation sites excluding steroid dienone is 2. The molecule has 152 valence electrons. The monoisotopic (exact) mass is 452 g/mol. The molecule has 1 aliphatic rings. The van der Waals surface area contributed by atoms with Crippen LogP contribution in [0, 0.1) is 6.92 Å². The minimum Gasteiger partial charge on any atom is -1.00 e. The molecule has 2 aromatic carbocycles. The normalized spacial score (nSPS) is 12.0. The Morgan fingerprint density at radius 3 is 2.32 bits per heavy atom. The van der Waals surface area contributed by atoms with Gasteiger partial charge in [-0.05, 0) is 26.1 Å². The fourth-order valence-electron chi connectivity index (χ4n) is 3.06. The van der Waals surface area contributed by atoms with Gasteiger partial charge in [0.2, 0.25) is 0 Å². The summed E-state index contributed by atoms with van der Waals surface area (Å²) >= 11 is 0. The smallest absolute Gasteiger partial charge is 1.00 e. The molecule has 0 aromatic heterocycles. The van der Waals surface area contributed by atoms with Crippen LogP contribution in [0.5, 0.6) is 0 Å². The number of nitrogens with zero attached hydrogens (tertiary/aromatic N) is 1. The Morgan fingerprint density at radius 1 is 1.07 bits per heavy atom. The fourth-order valence-corrected chi connectivity index (χ4v) is 3.06. The summed E-state index contributed by atoms with van der Waals surface area (Å²) in [5, 5.41) is 2.52. The summed E-state index contributed by atoms with van der Waals surface area (Å²) in [4.78, 5) is 2.21. The molecule has 0 radical (unpaired) electrons. The van der Waals surface area contributed by atoms with Crippen molar-refractivity contribution in [2.24, 2.45) is 0 Å².